The van der Waals surface area contributed by atoms with Gasteiger partial charge in [0, 0.05) is 23.9 Å². The lowest BCUT2D eigenvalue weighted by Gasteiger charge is -2.32. The van der Waals surface area contributed by atoms with Crippen LogP contribution in [0.25, 0.3) is 16.7 Å². The maximum absolute atomic E-state index is 13.6. The van der Waals surface area contributed by atoms with E-state index in [9.17, 15) is 14.4 Å². The molecule has 8 nitrogen and oxygen atoms in total. The third kappa shape index (κ3) is 4.18. The molecule has 37 heavy (non-hydrogen) atoms. The number of aryl methyl sites for hydroxylation is 1. The summed E-state index contributed by atoms with van der Waals surface area (Å²) >= 11 is 0. The molecule has 0 spiro atoms. The highest BCUT2D eigenvalue weighted by Gasteiger charge is 2.40. The molecule has 2 atom stereocenters. The zero-order valence-electron chi connectivity index (χ0n) is 20.6. The van der Waals surface area contributed by atoms with Crippen LogP contribution in [0.15, 0.2) is 66.7 Å². The highest BCUT2D eigenvalue weighted by atomic mass is 16.2. The lowest BCUT2D eigenvalue weighted by Crippen LogP contribution is -2.41. The van der Waals surface area contributed by atoms with E-state index < -0.39 is 0 Å². The van der Waals surface area contributed by atoms with Crippen LogP contribution in [-0.2, 0) is 4.79 Å². The van der Waals surface area contributed by atoms with E-state index in [0.717, 1.165) is 35.9 Å². The minimum absolute atomic E-state index is 0.104. The molecular formula is C29H27N5O3. The molecule has 0 bridgehead atoms. The average molecular weight is 494 g/mol. The molecule has 1 aliphatic heterocycles. The fraction of sp³-hybridized carbons (Fsp3) is 0.276. The molecule has 6 rings (SSSR count). The first-order valence-electron chi connectivity index (χ1n) is 12.7. The van der Waals surface area contributed by atoms with Gasteiger partial charge in [0.05, 0.1) is 22.3 Å². The molecule has 0 saturated heterocycles. The van der Waals surface area contributed by atoms with Gasteiger partial charge in [-0.05, 0) is 56.0 Å². The van der Waals surface area contributed by atoms with Crippen LogP contribution in [0, 0.1) is 18.8 Å². The number of pyridine rings is 1. The van der Waals surface area contributed by atoms with Gasteiger partial charge < -0.3 is 5.32 Å². The van der Waals surface area contributed by atoms with Crippen LogP contribution in [0.4, 0.5) is 5.82 Å². The predicted molar refractivity (Wildman–Crippen MR) is 139 cm³/mol. The zero-order valence-corrected chi connectivity index (χ0v) is 20.6. The summed E-state index contributed by atoms with van der Waals surface area (Å²) in [5.41, 5.74) is 2.48. The molecule has 1 aliphatic carbocycles. The van der Waals surface area contributed by atoms with E-state index in [4.69, 9.17) is 4.98 Å². The van der Waals surface area contributed by atoms with Crippen LogP contribution in [0.2, 0.25) is 0 Å². The van der Waals surface area contributed by atoms with E-state index in [2.05, 4.69) is 10.4 Å². The van der Waals surface area contributed by atoms with E-state index in [0.29, 0.717) is 29.2 Å². The summed E-state index contributed by atoms with van der Waals surface area (Å²) in [6.07, 6.45) is 3.40. The Morgan fingerprint density at radius 2 is 1.65 bits per heavy atom. The predicted octanol–water partition coefficient (Wildman–Crippen LogP) is 4.77. The largest absolute Gasteiger partial charge is 0.310 e. The molecule has 1 N–H and O–H groups in total. The van der Waals surface area contributed by atoms with Gasteiger partial charge in [0.1, 0.15) is 5.82 Å². The zero-order chi connectivity index (χ0) is 25.5. The van der Waals surface area contributed by atoms with Gasteiger partial charge in [-0.3, -0.25) is 19.3 Å². The van der Waals surface area contributed by atoms with Gasteiger partial charge in [0.15, 0.2) is 5.82 Å². The van der Waals surface area contributed by atoms with Crippen LogP contribution in [0.5, 0.6) is 0 Å². The number of hydrogen-bond acceptors (Lipinski definition) is 5. The van der Waals surface area contributed by atoms with Crippen LogP contribution in [0.1, 0.15) is 52.1 Å². The van der Waals surface area contributed by atoms with Crippen LogP contribution in [0.3, 0.4) is 0 Å². The first kappa shape index (κ1) is 23.1. The number of nitrogens with one attached hydrogen (secondary N) is 1. The second kappa shape index (κ2) is 9.28. The molecule has 2 aromatic carbocycles. The van der Waals surface area contributed by atoms with Crippen molar-refractivity contribution in [2.45, 2.75) is 32.6 Å². The highest BCUT2D eigenvalue weighted by molar-refractivity contribution is 6.21. The Hall–Kier alpha value is -4.33. The minimum atomic E-state index is -0.314. The summed E-state index contributed by atoms with van der Waals surface area (Å²) in [5, 5.41) is 8.67. The normalized spacial score (nSPS) is 19.3. The third-order valence-corrected chi connectivity index (χ3v) is 7.42. The van der Waals surface area contributed by atoms with Gasteiger partial charge >= 0.3 is 0 Å². The Kier molecular flexibility index (Phi) is 5.79. The minimum Gasteiger partial charge on any atom is -0.310 e. The number of fused-ring (bicyclic) bond motifs is 2. The molecule has 4 aromatic rings. The van der Waals surface area contributed by atoms with E-state index in [1.807, 2.05) is 49.4 Å². The number of carbonyl (C=O) groups excluding carboxylic acids is 3. The number of imide groups is 1. The number of benzene rings is 2. The SMILES string of the molecule is Cc1cc(NC(=O)C2CCCCC2CN2C(=O)c3ccccc3C2=O)n(-c2ccc3ccccc3n2)n1. The molecule has 2 aliphatic rings. The van der Waals surface area contributed by atoms with Crippen molar-refractivity contribution in [3.8, 4) is 5.82 Å². The summed E-state index contributed by atoms with van der Waals surface area (Å²) in [5.74, 6) is 0.0771. The molecule has 1 fully saturated rings. The van der Waals surface area contributed by atoms with Crippen molar-refractivity contribution < 1.29 is 14.4 Å². The topological polar surface area (TPSA) is 97.2 Å². The smallest absolute Gasteiger partial charge is 0.261 e. The number of carbonyl (C=O) groups is 3. The van der Waals surface area contributed by atoms with E-state index in [1.165, 1.54) is 4.90 Å². The molecule has 8 heteroatoms. The van der Waals surface area contributed by atoms with Crippen molar-refractivity contribution in [1.29, 1.82) is 0 Å². The second-order valence-electron chi connectivity index (χ2n) is 9.85. The fourth-order valence-corrected chi connectivity index (χ4v) is 5.57. The number of anilines is 1. The van der Waals surface area contributed by atoms with Gasteiger partial charge in [-0.1, -0.05) is 43.2 Å². The Bertz CT molecular complexity index is 1510. The van der Waals surface area contributed by atoms with Crippen LogP contribution in [-0.4, -0.2) is 43.9 Å². The standard InChI is InChI=1S/C29H27N5O3/c1-18-16-26(34(32-18)25-15-14-19-8-3-7-13-24(19)30-25)31-27(35)21-10-4-2-9-20(21)17-33-28(36)22-11-5-6-12-23(22)29(33)37/h3,5-8,11-16,20-21H,2,4,9-10,17H2,1H3,(H,31,35). The molecule has 3 heterocycles. The lowest BCUT2D eigenvalue weighted by atomic mass is 9.78. The number of amides is 3. The van der Waals surface area contributed by atoms with E-state index in [1.54, 1.807) is 28.9 Å². The Morgan fingerprint density at radius 1 is 0.946 bits per heavy atom. The molecular weight excluding hydrogens is 466 g/mol. The van der Waals surface area contributed by atoms with Crippen molar-refractivity contribution in [3.05, 3.63) is 83.6 Å². The van der Waals surface area contributed by atoms with Gasteiger partial charge in [0.25, 0.3) is 11.8 Å². The molecule has 1 saturated carbocycles. The van der Waals surface area contributed by atoms with Crippen molar-refractivity contribution in [2.75, 3.05) is 11.9 Å². The summed E-state index contributed by atoms with van der Waals surface area (Å²) in [6, 6.07) is 20.5. The average Bonchev–Trinajstić information content (AvgIpc) is 3.40. The van der Waals surface area contributed by atoms with Crippen LogP contribution < -0.4 is 5.32 Å². The Balaban J connectivity index is 1.23. The van der Waals surface area contributed by atoms with Crippen molar-refractivity contribution in [2.24, 2.45) is 11.8 Å². The summed E-state index contributed by atoms with van der Waals surface area (Å²) in [7, 11) is 0. The number of rotatable bonds is 5. The monoisotopic (exact) mass is 493 g/mol. The van der Waals surface area contributed by atoms with E-state index >= 15 is 0 Å². The van der Waals surface area contributed by atoms with E-state index in [-0.39, 0.29) is 36.1 Å². The maximum Gasteiger partial charge on any atom is 0.261 e. The van der Waals surface area contributed by atoms with Gasteiger partial charge in [0.2, 0.25) is 5.91 Å². The number of nitrogens with zero attached hydrogens (tertiary/aromatic N) is 4. The number of para-hydroxylation sites is 1. The third-order valence-electron chi connectivity index (χ3n) is 7.42. The first-order chi connectivity index (χ1) is 18.0. The molecule has 0 radical (unpaired) electrons. The first-order valence-corrected chi connectivity index (χ1v) is 12.7. The van der Waals surface area contributed by atoms with Gasteiger partial charge in [-0.25, -0.2) is 4.98 Å². The van der Waals surface area contributed by atoms with Crippen molar-refractivity contribution >= 4 is 34.4 Å². The van der Waals surface area contributed by atoms with Gasteiger partial charge in [-0.15, -0.1) is 0 Å². The lowest BCUT2D eigenvalue weighted by molar-refractivity contribution is -0.122. The van der Waals surface area contributed by atoms with Crippen molar-refractivity contribution in [1.82, 2.24) is 19.7 Å². The highest BCUT2D eigenvalue weighted by Crippen LogP contribution is 2.34. The number of hydrogen-bond donors (Lipinski definition) is 1. The van der Waals surface area contributed by atoms with Crippen LogP contribution >= 0.6 is 0 Å². The summed E-state index contributed by atoms with van der Waals surface area (Å²) in [6.45, 7) is 2.12. The molecule has 2 aromatic heterocycles. The summed E-state index contributed by atoms with van der Waals surface area (Å²) < 4.78 is 1.65. The Morgan fingerprint density at radius 3 is 2.43 bits per heavy atom. The van der Waals surface area contributed by atoms with Gasteiger partial charge in [-0.2, -0.15) is 9.78 Å². The molecule has 2 unspecified atom stereocenters. The number of aromatic nitrogens is 3. The molecule has 3 amide bonds. The van der Waals surface area contributed by atoms with Crippen molar-refractivity contribution in [3.63, 3.8) is 0 Å². The molecule has 186 valence electrons. The Labute approximate surface area is 214 Å². The maximum atomic E-state index is 13.6. The fourth-order valence-electron chi connectivity index (χ4n) is 5.57. The summed E-state index contributed by atoms with van der Waals surface area (Å²) in [4.78, 5) is 45.5. The second-order valence-corrected chi connectivity index (χ2v) is 9.85. The quantitative estimate of drug-likeness (QED) is 0.404.